The number of aromatic nitrogens is 1. The normalized spacial score (nSPS) is 24.3. The van der Waals surface area contributed by atoms with Gasteiger partial charge in [0, 0.05) is 79.4 Å². The van der Waals surface area contributed by atoms with Crippen LogP contribution in [0.25, 0.3) is 10.9 Å². The Morgan fingerprint density at radius 2 is 1.76 bits per heavy atom. The van der Waals surface area contributed by atoms with Crippen LogP contribution in [0.3, 0.4) is 0 Å². The van der Waals surface area contributed by atoms with Gasteiger partial charge in [0.05, 0.1) is 6.04 Å². The van der Waals surface area contributed by atoms with Gasteiger partial charge >= 0.3 is 0 Å². The Bertz CT molecular complexity index is 1290. The maximum atomic E-state index is 15.8. The average Bonchev–Trinajstić information content (AvgIpc) is 3.18. The van der Waals surface area contributed by atoms with Gasteiger partial charge in [0.1, 0.15) is 24.0 Å². The standard InChI is InChI=1S/C30H35F4N3O/c1-3-19-15-36(16-19)8-9-38-21-11-24(31)27(25(32)12-21)29-28-23(22-6-4-5-7-26(22)35-28)10-18(2)37(29)17-20-13-30(33,34)14-20/h4-7,11-12,18-20,29,35H,3,8-10,13-17H2,1-2H3/t18-,29-/m1/s1. The van der Waals surface area contributed by atoms with E-state index in [0.29, 0.717) is 19.6 Å². The molecule has 0 spiro atoms. The minimum Gasteiger partial charge on any atom is -0.492 e. The van der Waals surface area contributed by atoms with Gasteiger partial charge in [-0.3, -0.25) is 9.80 Å². The van der Waals surface area contributed by atoms with Crippen LogP contribution in [0.1, 0.15) is 56.0 Å². The molecule has 0 radical (unpaired) electrons. The molecular weight excluding hydrogens is 494 g/mol. The summed E-state index contributed by atoms with van der Waals surface area (Å²) in [6.07, 6.45) is 1.47. The monoisotopic (exact) mass is 529 g/mol. The molecule has 3 heterocycles. The van der Waals surface area contributed by atoms with Crippen molar-refractivity contribution in [3.05, 3.63) is 64.9 Å². The number of rotatable bonds is 8. The largest absolute Gasteiger partial charge is 0.492 e. The SMILES string of the molecule is CCC1CN(CCOc2cc(F)c([C@@H]3c4[nH]c5ccccc5c4C[C@@H](C)N3CC3CC(F)(F)C3)c(F)c2)C1. The zero-order chi connectivity index (χ0) is 26.6. The van der Waals surface area contributed by atoms with E-state index in [1.165, 1.54) is 12.1 Å². The molecule has 8 heteroatoms. The number of aromatic amines is 1. The molecule has 6 rings (SSSR count). The third kappa shape index (κ3) is 4.70. The van der Waals surface area contributed by atoms with Crippen molar-refractivity contribution >= 4 is 10.9 Å². The lowest BCUT2D eigenvalue weighted by molar-refractivity contribution is -0.120. The molecule has 0 unspecified atom stereocenters. The highest BCUT2D eigenvalue weighted by molar-refractivity contribution is 5.85. The fourth-order valence-corrected chi connectivity index (χ4v) is 6.63. The van der Waals surface area contributed by atoms with Crippen LogP contribution in [0.5, 0.6) is 5.75 Å². The van der Waals surface area contributed by atoms with Crippen molar-refractivity contribution in [2.45, 2.75) is 57.5 Å². The van der Waals surface area contributed by atoms with Gasteiger partial charge in [-0.2, -0.15) is 0 Å². The Morgan fingerprint density at radius 1 is 1.05 bits per heavy atom. The van der Waals surface area contributed by atoms with E-state index in [0.717, 1.165) is 54.1 Å². The summed E-state index contributed by atoms with van der Waals surface area (Å²) >= 11 is 0. The van der Waals surface area contributed by atoms with Crippen LogP contribution in [0.15, 0.2) is 36.4 Å². The van der Waals surface area contributed by atoms with Crippen molar-refractivity contribution in [1.82, 2.24) is 14.8 Å². The topological polar surface area (TPSA) is 31.5 Å². The van der Waals surface area contributed by atoms with Gasteiger partial charge in [-0.15, -0.1) is 0 Å². The van der Waals surface area contributed by atoms with E-state index in [-0.39, 0.29) is 36.1 Å². The highest BCUT2D eigenvalue weighted by atomic mass is 19.3. The molecule has 4 nitrogen and oxygen atoms in total. The van der Waals surface area contributed by atoms with Crippen LogP contribution in [-0.2, 0) is 6.42 Å². The predicted octanol–water partition coefficient (Wildman–Crippen LogP) is 6.55. The van der Waals surface area contributed by atoms with E-state index >= 15 is 8.78 Å². The molecule has 38 heavy (non-hydrogen) atoms. The molecule has 1 saturated heterocycles. The maximum absolute atomic E-state index is 15.8. The Balaban J connectivity index is 1.30. The van der Waals surface area contributed by atoms with Gasteiger partial charge in [-0.1, -0.05) is 31.5 Å². The molecule has 1 aliphatic carbocycles. The zero-order valence-corrected chi connectivity index (χ0v) is 22.0. The molecule has 1 N–H and O–H groups in total. The third-order valence-corrected chi connectivity index (χ3v) is 8.77. The lowest BCUT2D eigenvalue weighted by Crippen LogP contribution is -2.49. The van der Waals surface area contributed by atoms with E-state index < -0.39 is 23.6 Å². The summed E-state index contributed by atoms with van der Waals surface area (Å²) in [6.45, 7) is 7.72. The molecule has 3 aliphatic rings. The lowest BCUT2D eigenvalue weighted by Gasteiger charge is -2.46. The maximum Gasteiger partial charge on any atom is 0.248 e. The molecule has 1 aromatic heterocycles. The van der Waals surface area contributed by atoms with E-state index in [2.05, 4.69) is 16.8 Å². The first-order chi connectivity index (χ1) is 18.2. The van der Waals surface area contributed by atoms with E-state index in [9.17, 15) is 8.78 Å². The minimum absolute atomic E-state index is 0.0590. The number of likely N-dealkylation sites (tertiary alicyclic amines) is 1. The van der Waals surface area contributed by atoms with Crippen molar-refractivity contribution in [3.63, 3.8) is 0 Å². The molecule has 2 aliphatic heterocycles. The van der Waals surface area contributed by atoms with Crippen LogP contribution < -0.4 is 4.74 Å². The minimum atomic E-state index is -2.64. The van der Waals surface area contributed by atoms with Gasteiger partial charge in [0.15, 0.2) is 0 Å². The van der Waals surface area contributed by atoms with E-state index in [1.54, 1.807) is 0 Å². The zero-order valence-electron chi connectivity index (χ0n) is 22.0. The second-order valence-corrected chi connectivity index (χ2v) is 11.5. The highest BCUT2D eigenvalue weighted by Crippen LogP contribution is 2.47. The summed E-state index contributed by atoms with van der Waals surface area (Å²) in [5, 5.41) is 1.03. The first kappa shape index (κ1) is 25.7. The Hall–Kier alpha value is -2.58. The lowest BCUT2D eigenvalue weighted by atomic mass is 9.79. The number of nitrogens with one attached hydrogen (secondary N) is 1. The molecular formula is C30H35F4N3O. The van der Waals surface area contributed by atoms with Gasteiger partial charge in [0.25, 0.3) is 0 Å². The number of ether oxygens (including phenoxy) is 1. The number of fused-ring (bicyclic) bond motifs is 3. The second kappa shape index (κ2) is 9.87. The molecule has 204 valence electrons. The number of para-hydroxylation sites is 1. The number of nitrogens with zero attached hydrogens (tertiary/aromatic N) is 2. The summed E-state index contributed by atoms with van der Waals surface area (Å²) in [7, 11) is 0. The number of hydrogen-bond acceptors (Lipinski definition) is 3. The molecule has 0 bridgehead atoms. The molecule has 2 fully saturated rings. The summed E-state index contributed by atoms with van der Waals surface area (Å²) in [4.78, 5) is 7.70. The quantitative estimate of drug-likeness (QED) is 0.336. The number of halogens is 4. The Labute approximate surface area is 220 Å². The van der Waals surface area contributed by atoms with E-state index in [1.807, 2.05) is 36.1 Å². The Morgan fingerprint density at radius 3 is 2.45 bits per heavy atom. The third-order valence-electron chi connectivity index (χ3n) is 8.77. The smallest absolute Gasteiger partial charge is 0.248 e. The Kier molecular flexibility index (Phi) is 6.67. The molecule has 2 atom stereocenters. The second-order valence-electron chi connectivity index (χ2n) is 11.5. The highest BCUT2D eigenvalue weighted by Gasteiger charge is 2.48. The van der Waals surface area contributed by atoms with Crippen molar-refractivity contribution in [2.24, 2.45) is 11.8 Å². The molecule has 3 aromatic rings. The van der Waals surface area contributed by atoms with Gasteiger partial charge in [0.2, 0.25) is 5.92 Å². The summed E-state index contributed by atoms with van der Waals surface area (Å²) in [5.41, 5.74) is 2.62. The van der Waals surface area contributed by atoms with Crippen molar-refractivity contribution in [3.8, 4) is 5.75 Å². The first-order valence-corrected chi connectivity index (χ1v) is 13.8. The van der Waals surface area contributed by atoms with Crippen LogP contribution in [-0.4, -0.2) is 59.5 Å². The van der Waals surface area contributed by atoms with Crippen LogP contribution in [0.2, 0.25) is 0 Å². The van der Waals surface area contributed by atoms with Crippen LogP contribution in [0, 0.1) is 23.5 Å². The van der Waals surface area contributed by atoms with Gasteiger partial charge in [-0.05, 0) is 36.8 Å². The number of H-pyrrole nitrogens is 1. The average molecular weight is 530 g/mol. The van der Waals surface area contributed by atoms with Gasteiger partial charge in [-0.25, -0.2) is 17.6 Å². The summed E-state index contributed by atoms with van der Waals surface area (Å²) < 4.78 is 64.6. The number of hydrogen-bond donors (Lipinski definition) is 1. The van der Waals surface area contributed by atoms with Gasteiger partial charge < -0.3 is 9.72 Å². The number of alkyl halides is 2. The van der Waals surface area contributed by atoms with Crippen molar-refractivity contribution < 1.29 is 22.3 Å². The predicted molar refractivity (Wildman–Crippen MR) is 140 cm³/mol. The molecule has 0 amide bonds. The van der Waals surface area contributed by atoms with E-state index in [4.69, 9.17) is 4.74 Å². The molecule has 2 aromatic carbocycles. The molecule has 1 saturated carbocycles. The fraction of sp³-hybridized carbons (Fsp3) is 0.533. The van der Waals surface area contributed by atoms with Crippen molar-refractivity contribution in [1.29, 1.82) is 0 Å². The number of benzene rings is 2. The summed E-state index contributed by atoms with van der Waals surface area (Å²) in [5.74, 6) is -3.31. The first-order valence-electron chi connectivity index (χ1n) is 13.8. The van der Waals surface area contributed by atoms with Crippen LogP contribution >= 0.6 is 0 Å². The van der Waals surface area contributed by atoms with Crippen LogP contribution in [0.4, 0.5) is 17.6 Å². The van der Waals surface area contributed by atoms with Crippen molar-refractivity contribution in [2.75, 3.05) is 32.8 Å². The fourth-order valence-electron chi connectivity index (χ4n) is 6.63. The summed E-state index contributed by atoms with van der Waals surface area (Å²) in [6, 6.07) is 9.57.